The van der Waals surface area contributed by atoms with Crippen molar-refractivity contribution in [1.82, 2.24) is 0 Å². The molecule has 0 unspecified atom stereocenters. The second-order valence-corrected chi connectivity index (χ2v) is 6.75. The van der Waals surface area contributed by atoms with Crippen molar-refractivity contribution in [1.29, 1.82) is 0 Å². The second kappa shape index (κ2) is 7.73. The van der Waals surface area contributed by atoms with Crippen molar-refractivity contribution in [3.05, 3.63) is 83.9 Å². The monoisotopic (exact) mass is 370 g/mol. The number of carbonyl (C=O) groups is 1. The summed E-state index contributed by atoms with van der Waals surface area (Å²) >= 11 is 0. The first-order valence-electron chi connectivity index (χ1n) is 9.61. The van der Waals surface area contributed by atoms with E-state index in [4.69, 9.17) is 9.47 Å². The number of rotatable bonds is 4. The van der Waals surface area contributed by atoms with Gasteiger partial charge in [0.25, 0.3) is 0 Å². The number of benzene rings is 4. The largest absolute Gasteiger partial charge is 0.519 e. The highest BCUT2D eigenvalue weighted by molar-refractivity contribution is 6.07. The first-order valence-corrected chi connectivity index (χ1v) is 9.61. The average Bonchev–Trinajstić information content (AvgIpc) is 2.73. The third-order valence-corrected chi connectivity index (χ3v) is 5.00. The van der Waals surface area contributed by atoms with Gasteiger partial charge in [-0.2, -0.15) is 0 Å². The third kappa shape index (κ3) is 3.44. The van der Waals surface area contributed by atoms with Gasteiger partial charge in [-0.25, -0.2) is 4.79 Å². The zero-order valence-electron chi connectivity index (χ0n) is 16.1. The lowest BCUT2D eigenvalue weighted by molar-refractivity contribution is 0.153. The Morgan fingerprint density at radius 3 is 2.36 bits per heavy atom. The summed E-state index contributed by atoms with van der Waals surface area (Å²) < 4.78 is 11.2. The summed E-state index contributed by atoms with van der Waals surface area (Å²) in [5.41, 5.74) is 2.39. The zero-order chi connectivity index (χ0) is 19.5. The zero-order valence-corrected chi connectivity index (χ0v) is 16.1. The molecule has 0 saturated heterocycles. The quantitative estimate of drug-likeness (QED) is 0.228. The molecule has 3 nitrogen and oxygen atoms in total. The summed E-state index contributed by atoms with van der Waals surface area (Å²) in [7, 11) is 0. The Morgan fingerprint density at radius 1 is 0.786 bits per heavy atom. The average molecular weight is 370 g/mol. The van der Waals surface area contributed by atoms with Crippen molar-refractivity contribution in [3.63, 3.8) is 0 Å². The fourth-order valence-corrected chi connectivity index (χ4v) is 3.57. The second-order valence-electron chi connectivity index (χ2n) is 6.75. The lowest BCUT2D eigenvalue weighted by atomic mass is 9.96. The van der Waals surface area contributed by atoms with Gasteiger partial charge in [-0.05, 0) is 52.9 Å². The van der Waals surface area contributed by atoms with E-state index in [0.717, 1.165) is 39.9 Å². The van der Waals surface area contributed by atoms with Crippen molar-refractivity contribution in [3.8, 4) is 11.5 Å². The minimum atomic E-state index is -0.731. The highest BCUT2D eigenvalue weighted by Gasteiger charge is 2.17. The maximum absolute atomic E-state index is 12.5. The molecule has 0 N–H and O–H groups in total. The predicted molar refractivity (Wildman–Crippen MR) is 113 cm³/mol. The van der Waals surface area contributed by atoms with Crippen molar-refractivity contribution in [2.45, 2.75) is 26.7 Å². The van der Waals surface area contributed by atoms with E-state index in [-0.39, 0.29) is 0 Å². The van der Waals surface area contributed by atoms with Crippen LogP contribution in [-0.4, -0.2) is 6.16 Å². The number of para-hydroxylation sites is 1. The molecule has 3 heteroatoms. The molecule has 0 aliphatic rings. The molecule has 140 valence electrons. The molecule has 0 heterocycles. The normalized spacial score (nSPS) is 10.9. The van der Waals surface area contributed by atoms with Gasteiger partial charge in [0.05, 0.1) is 0 Å². The number of hydrogen-bond acceptors (Lipinski definition) is 3. The van der Waals surface area contributed by atoms with Crippen molar-refractivity contribution >= 4 is 27.7 Å². The summed E-state index contributed by atoms with van der Waals surface area (Å²) in [6.45, 7) is 4.23. The molecule has 0 fully saturated rings. The van der Waals surface area contributed by atoms with E-state index in [1.54, 1.807) is 12.1 Å². The van der Waals surface area contributed by atoms with Gasteiger partial charge in [0.2, 0.25) is 0 Å². The molecule has 0 aliphatic carbocycles. The Morgan fingerprint density at radius 2 is 1.61 bits per heavy atom. The molecule has 0 saturated carbocycles. The number of hydrogen-bond donors (Lipinski definition) is 0. The predicted octanol–water partition coefficient (Wildman–Crippen LogP) is 6.70. The smallest absolute Gasteiger partial charge is 0.395 e. The van der Waals surface area contributed by atoms with Crippen LogP contribution in [-0.2, 0) is 12.8 Å². The number of fused-ring (bicyclic) bond motifs is 2. The van der Waals surface area contributed by atoms with E-state index < -0.39 is 6.16 Å². The molecule has 0 amide bonds. The minimum Gasteiger partial charge on any atom is -0.395 e. The van der Waals surface area contributed by atoms with E-state index in [1.165, 1.54) is 5.56 Å². The summed E-state index contributed by atoms with van der Waals surface area (Å²) in [4.78, 5) is 12.5. The lowest BCUT2D eigenvalue weighted by Crippen LogP contribution is -2.14. The Hall–Kier alpha value is -3.33. The summed E-state index contributed by atoms with van der Waals surface area (Å²) in [6, 6.07) is 23.6. The molecule has 4 aromatic carbocycles. The molecule has 0 aromatic heterocycles. The van der Waals surface area contributed by atoms with Gasteiger partial charge in [-0.1, -0.05) is 68.4 Å². The minimum absolute atomic E-state index is 0.459. The number of ether oxygens (including phenoxy) is 2. The van der Waals surface area contributed by atoms with Crippen LogP contribution in [0.1, 0.15) is 25.0 Å². The lowest BCUT2D eigenvalue weighted by Gasteiger charge is -2.15. The van der Waals surface area contributed by atoms with Crippen LogP contribution in [0.15, 0.2) is 72.8 Å². The Kier molecular flexibility index (Phi) is 4.98. The molecule has 28 heavy (non-hydrogen) atoms. The van der Waals surface area contributed by atoms with E-state index in [2.05, 4.69) is 44.2 Å². The molecule has 0 radical (unpaired) electrons. The van der Waals surface area contributed by atoms with E-state index in [0.29, 0.717) is 11.5 Å². The fraction of sp³-hybridized carbons (Fsp3) is 0.160. The van der Waals surface area contributed by atoms with Crippen LogP contribution in [0.2, 0.25) is 0 Å². The Balaban J connectivity index is 1.86. The van der Waals surface area contributed by atoms with E-state index in [1.807, 2.05) is 30.3 Å². The molecule has 0 atom stereocenters. The van der Waals surface area contributed by atoms with Crippen molar-refractivity contribution in [2.24, 2.45) is 0 Å². The van der Waals surface area contributed by atoms with Gasteiger partial charge in [0.1, 0.15) is 11.5 Å². The first kappa shape index (κ1) is 18.1. The van der Waals surface area contributed by atoms with Crippen LogP contribution in [0.25, 0.3) is 21.5 Å². The molecular formula is C25H22O3. The maximum atomic E-state index is 12.5. The van der Waals surface area contributed by atoms with Crippen LogP contribution in [0, 0.1) is 0 Å². The van der Waals surface area contributed by atoms with Crippen molar-refractivity contribution < 1.29 is 14.3 Å². The molecule has 0 bridgehead atoms. The highest BCUT2D eigenvalue weighted by Crippen LogP contribution is 2.38. The van der Waals surface area contributed by atoms with Gasteiger partial charge >= 0.3 is 6.16 Å². The Labute approximate surface area is 164 Å². The van der Waals surface area contributed by atoms with Crippen LogP contribution in [0.3, 0.4) is 0 Å². The van der Waals surface area contributed by atoms with Crippen LogP contribution in [0.5, 0.6) is 11.5 Å². The van der Waals surface area contributed by atoms with Gasteiger partial charge < -0.3 is 9.47 Å². The number of aryl methyl sites for hydroxylation is 2. The summed E-state index contributed by atoms with van der Waals surface area (Å²) in [5, 5.41) is 3.99. The topological polar surface area (TPSA) is 35.5 Å². The van der Waals surface area contributed by atoms with Crippen LogP contribution >= 0.6 is 0 Å². The third-order valence-electron chi connectivity index (χ3n) is 5.00. The highest BCUT2D eigenvalue weighted by atomic mass is 16.7. The summed E-state index contributed by atoms with van der Waals surface area (Å²) in [6.07, 6.45) is 1.07. The SMILES string of the molecule is CCc1ccc2c(OC(=O)Oc3ccccc3)c3c(CC)cccc3cc2c1. The number of carbonyl (C=O) groups excluding carboxylic acids is 1. The van der Waals surface area contributed by atoms with Gasteiger partial charge in [0.15, 0.2) is 0 Å². The van der Waals surface area contributed by atoms with E-state index >= 15 is 0 Å². The van der Waals surface area contributed by atoms with Crippen LogP contribution < -0.4 is 9.47 Å². The Bertz CT molecular complexity index is 1150. The summed E-state index contributed by atoms with van der Waals surface area (Å²) in [5.74, 6) is 1.02. The van der Waals surface area contributed by atoms with E-state index in [9.17, 15) is 4.79 Å². The first-order chi connectivity index (χ1) is 13.7. The maximum Gasteiger partial charge on any atom is 0.519 e. The molecule has 4 rings (SSSR count). The molecular weight excluding hydrogens is 348 g/mol. The molecule has 0 spiro atoms. The standard InChI is InChI=1S/C25H22O3/c1-3-17-13-14-22-20(15-17)16-19-10-8-9-18(4-2)23(19)24(22)28-25(26)27-21-11-6-5-7-12-21/h5-16H,3-4H2,1-2H3. The molecule has 4 aromatic rings. The van der Waals surface area contributed by atoms with Gasteiger partial charge in [-0.15, -0.1) is 0 Å². The van der Waals surface area contributed by atoms with Gasteiger partial charge in [-0.3, -0.25) is 0 Å². The van der Waals surface area contributed by atoms with Gasteiger partial charge in [0, 0.05) is 10.8 Å². The fourth-order valence-electron chi connectivity index (χ4n) is 3.57. The van der Waals surface area contributed by atoms with Crippen LogP contribution in [0.4, 0.5) is 4.79 Å². The molecule has 0 aliphatic heterocycles. The van der Waals surface area contributed by atoms with Crippen molar-refractivity contribution in [2.75, 3.05) is 0 Å².